The molecule has 3 rings (SSSR count). The summed E-state index contributed by atoms with van der Waals surface area (Å²) in [5, 5.41) is 11.1. The Balaban J connectivity index is 1.76. The van der Waals surface area contributed by atoms with Crippen LogP contribution < -0.4 is 4.90 Å². The molecule has 0 aromatic heterocycles. The van der Waals surface area contributed by atoms with E-state index in [1.807, 2.05) is 23.1 Å². The lowest BCUT2D eigenvalue weighted by atomic mass is 9.89. The van der Waals surface area contributed by atoms with Crippen LogP contribution in [0.3, 0.4) is 0 Å². The Hall–Kier alpha value is -2.43. The van der Waals surface area contributed by atoms with Gasteiger partial charge in [0.1, 0.15) is 11.5 Å². The average molecular weight is 300 g/mol. The van der Waals surface area contributed by atoms with E-state index in [0.717, 1.165) is 32.0 Å². The van der Waals surface area contributed by atoms with Crippen LogP contribution in [0.5, 0.6) is 0 Å². The molecule has 1 saturated heterocycles. The molecular formula is C17H17FN2O2. The molecule has 1 fully saturated rings. The molecule has 0 unspecified atom stereocenters. The third kappa shape index (κ3) is 2.93. The highest BCUT2D eigenvalue weighted by Crippen LogP contribution is 2.34. The number of rotatable bonds is 3. The Morgan fingerprint density at radius 1 is 1.09 bits per heavy atom. The lowest BCUT2D eigenvalue weighted by Gasteiger charge is -2.33. The van der Waals surface area contributed by atoms with Crippen LogP contribution in [0.4, 0.5) is 15.8 Å². The zero-order valence-electron chi connectivity index (χ0n) is 12.1. The molecule has 0 bridgehead atoms. The minimum Gasteiger partial charge on any atom is -0.366 e. The number of anilines is 1. The predicted molar refractivity (Wildman–Crippen MR) is 83.7 cm³/mol. The quantitative estimate of drug-likeness (QED) is 0.633. The van der Waals surface area contributed by atoms with E-state index in [0.29, 0.717) is 11.6 Å². The lowest BCUT2D eigenvalue weighted by Crippen LogP contribution is -2.33. The second kappa shape index (κ2) is 6.13. The van der Waals surface area contributed by atoms with E-state index in [9.17, 15) is 14.5 Å². The molecular weight excluding hydrogens is 283 g/mol. The third-order valence-electron chi connectivity index (χ3n) is 4.24. The van der Waals surface area contributed by atoms with E-state index in [2.05, 4.69) is 12.1 Å². The van der Waals surface area contributed by atoms with Gasteiger partial charge in [-0.05, 0) is 36.5 Å². The number of halogens is 1. The zero-order valence-corrected chi connectivity index (χ0v) is 12.1. The summed E-state index contributed by atoms with van der Waals surface area (Å²) in [6.45, 7) is 1.48. The number of nitrogens with zero attached hydrogens (tertiary/aromatic N) is 2. The molecule has 5 heteroatoms. The van der Waals surface area contributed by atoms with Gasteiger partial charge in [0.15, 0.2) is 0 Å². The van der Waals surface area contributed by atoms with Gasteiger partial charge in [-0.2, -0.15) is 0 Å². The summed E-state index contributed by atoms with van der Waals surface area (Å²) in [6, 6.07) is 14.1. The van der Waals surface area contributed by atoms with Gasteiger partial charge in [-0.1, -0.05) is 30.3 Å². The van der Waals surface area contributed by atoms with Crippen molar-refractivity contribution >= 4 is 11.4 Å². The molecule has 0 spiro atoms. The lowest BCUT2D eigenvalue weighted by molar-refractivity contribution is -0.384. The highest BCUT2D eigenvalue weighted by molar-refractivity contribution is 5.63. The Kier molecular flexibility index (Phi) is 4.04. The van der Waals surface area contributed by atoms with Gasteiger partial charge in [-0.25, -0.2) is 4.39 Å². The van der Waals surface area contributed by atoms with Crippen molar-refractivity contribution in [1.29, 1.82) is 0 Å². The molecule has 2 aromatic rings. The number of hydrogen-bond donors (Lipinski definition) is 0. The molecule has 4 nitrogen and oxygen atoms in total. The van der Waals surface area contributed by atoms with Crippen LogP contribution in [0.2, 0.25) is 0 Å². The molecule has 1 aliphatic rings. The largest absolute Gasteiger partial charge is 0.366 e. The topological polar surface area (TPSA) is 46.4 Å². The van der Waals surface area contributed by atoms with Gasteiger partial charge in [-0.15, -0.1) is 0 Å². The van der Waals surface area contributed by atoms with Crippen LogP contribution in [0.25, 0.3) is 0 Å². The maximum absolute atomic E-state index is 13.2. The standard InChI is InChI=1S/C17H17FN2O2/c18-15-6-7-16(17(12-15)20(21)22)19-10-8-14(9-11-19)13-4-2-1-3-5-13/h1-7,12,14H,8-11H2. The zero-order chi connectivity index (χ0) is 15.5. The number of hydrogen-bond acceptors (Lipinski definition) is 3. The van der Waals surface area contributed by atoms with Crippen molar-refractivity contribution in [1.82, 2.24) is 0 Å². The first-order valence-corrected chi connectivity index (χ1v) is 7.39. The number of nitro benzene ring substituents is 1. The molecule has 0 saturated carbocycles. The SMILES string of the molecule is O=[N+]([O-])c1cc(F)ccc1N1CCC(c2ccccc2)CC1. The average Bonchev–Trinajstić information content (AvgIpc) is 2.56. The van der Waals surface area contributed by atoms with E-state index in [1.165, 1.54) is 17.7 Å². The van der Waals surface area contributed by atoms with Crippen LogP contribution in [-0.4, -0.2) is 18.0 Å². The molecule has 1 heterocycles. The summed E-state index contributed by atoms with van der Waals surface area (Å²) in [4.78, 5) is 12.6. The van der Waals surface area contributed by atoms with Gasteiger partial charge >= 0.3 is 0 Å². The predicted octanol–water partition coefficient (Wildman–Crippen LogP) is 4.12. The first-order chi connectivity index (χ1) is 10.6. The highest BCUT2D eigenvalue weighted by atomic mass is 19.1. The molecule has 114 valence electrons. The van der Waals surface area contributed by atoms with Gasteiger partial charge in [0.2, 0.25) is 0 Å². The maximum Gasteiger partial charge on any atom is 0.295 e. The summed E-state index contributed by atoms with van der Waals surface area (Å²) in [6.07, 6.45) is 1.89. The number of benzene rings is 2. The Morgan fingerprint density at radius 2 is 1.77 bits per heavy atom. The summed E-state index contributed by atoms with van der Waals surface area (Å²) in [7, 11) is 0. The fourth-order valence-electron chi connectivity index (χ4n) is 3.09. The minimum absolute atomic E-state index is 0.154. The van der Waals surface area contributed by atoms with Gasteiger partial charge < -0.3 is 4.90 Å². The van der Waals surface area contributed by atoms with Crippen LogP contribution in [-0.2, 0) is 0 Å². The fourth-order valence-corrected chi connectivity index (χ4v) is 3.09. The highest BCUT2D eigenvalue weighted by Gasteiger charge is 2.25. The second-order valence-corrected chi connectivity index (χ2v) is 5.56. The fraction of sp³-hybridized carbons (Fsp3) is 0.294. The van der Waals surface area contributed by atoms with E-state index in [4.69, 9.17) is 0 Å². The third-order valence-corrected chi connectivity index (χ3v) is 4.24. The van der Waals surface area contributed by atoms with Crippen molar-refractivity contribution in [2.45, 2.75) is 18.8 Å². The number of nitro groups is 1. The molecule has 1 aliphatic heterocycles. The van der Waals surface area contributed by atoms with Crippen LogP contribution in [0, 0.1) is 15.9 Å². The van der Waals surface area contributed by atoms with E-state index in [1.54, 1.807) is 0 Å². The molecule has 0 amide bonds. The van der Waals surface area contributed by atoms with E-state index < -0.39 is 10.7 Å². The van der Waals surface area contributed by atoms with Crippen LogP contribution in [0.15, 0.2) is 48.5 Å². The second-order valence-electron chi connectivity index (χ2n) is 5.56. The van der Waals surface area contributed by atoms with Crippen molar-refractivity contribution in [2.24, 2.45) is 0 Å². The smallest absolute Gasteiger partial charge is 0.295 e. The van der Waals surface area contributed by atoms with Gasteiger partial charge in [0, 0.05) is 13.1 Å². The van der Waals surface area contributed by atoms with E-state index in [-0.39, 0.29) is 5.69 Å². The summed E-state index contributed by atoms with van der Waals surface area (Å²) in [5.74, 6) is -0.0911. The Bertz CT molecular complexity index is 668. The van der Waals surface area contributed by atoms with Crippen LogP contribution in [0.1, 0.15) is 24.3 Å². The molecule has 2 aromatic carbocycles. The summed E-state index contributed by atoms with van der Waals surface area (Å²) >= 11 is 0. The Labute approximate surface area is 128 Å². The van der Waals surface area contributed by atoms with Crippen molar-refractivity contribution in [3.8, 4) is 0 Å². The van der Waals surface area contributed by atoms with Crippen molar-refractivity contribution < 1.29 is 9.31 Å². The molecule has 0 N–H and O–H groups in total. The normalized spacial score (nSPS) is 15.8. The van der Waals surface area contributed by atoms with E-state index >= 15 is 0 Å². The van der Waals surface area contributed by atoms with Crippen molar-refractivity contribution in [3.05, 3.63) is 70.0 Å². The van der Waals surface area contributed by atoms with Gasteiger partial charge in [0.25, 0.3) is 5.69 Å². The maximum atomic E-state index is 13.2. The Morgan fingerprint density at radius 3 is 2.41 bits per heavy atom. The molecule has 22 heavy (non-hydrogen) atoms. The first-order valence-electron chi connectivity index (χ1n) is 7.39. The monoisotopic (exact) mass is 300 g/mol. The van der Waals surface area contributed by atoms with Crippen molar-refractivity contribution in [2.75, 3.05) is 18.0 Å². The first kappa shape index (κ1) is 14.5. The molecule has 0 aliphatic carbocycles. The molecule has 0 radical (unpaired) electrons. The summed E-state index contributed by atoms with van der Waals surface area (Å²) in [5.41, 5.74) is 1.67. The van der Waals surface area contributed by atoms with Gasteiger partial charge in [0.05, 0.1) is 11.0 Å². The minimum atomic E-state index is -0.574. The van der Waals surface area contributed by atoms with Gasteiger partial charge in [-0.3, -0.25) is 10.1 Å². The number of piperidine rings is 1. The van der Waals surface area contributed by atoms with Crippen molar-refractivity contribution in [3.63, 3.8) is 0 Å². The molecule has 0 atom stereocenters. The summed E-state index contributed by atoms with van der Waals surface area (Å²) < 4.78 is 13.2. The van der Waals surface area contributed by atoms with Crippen LogP contribution >= 0.6 is 0 Å².